The number of anilines is 3. The SMILES string of the molecule is Nc1nn2c(c1C(=O)Nc1cnccc1OC1COC1)N(C1CCCCCCCCCC1)CC(F)C2. The third-order valence-electron chi connectivity index (χ3n) is 7.41. The number of fused-ring (bicyclic) bond motifs is 1. The molecule has 36 heavy (non-hydrogen) atoms. The summed E-state index contributed by atoms with van der Waals surface area (Å²) in [4.78, 5) is 19.8. The average Bonchev–Trinajstić information content (AvgIpc) is 3.13. The Morgan fingerprint density at radius 3 is 2.44 bits per heavy atom. The normalized spacial score (nSPS) is 22.2. The first-order valence-electron chi connectivity index (χ1n) is 13.4. The van der Waals surface area contributed by atoms with Gasteiger partial charge in [-0.05, 0) is 12.8 Å². The van der Waals surface area contributed by atoms with Gasteiger partial charge >= 0.3 is 0 Å². The van der Waals surface area contributed by atoms with Gasteiger partial charge < -0.3 is 25.4 Å². The van der Waals surface area contributed by atoms with E-state index in [1.54, 1.807) is 23.1 Å². The molecule has 1 saturated heterocycles. The van der Waals surface area contributed by atoms with E-state index in [2.05, 4.69) is 20.3 Å². The van der Waals surface area contributed by atoms with Crippen LogP contribution < -0.4 is 20.7 Å². The molecule has 4 heterocycles. The van der Waals surface area contributed by atoms with Crippen molar-refractivity contribution in [3.63, 3.8) is 0 Å². The number of alkyl halides is 1. The molecule has 9 nitrogen and oxygen atoms in total. The van der Waals surface area contributed by atoms with Crippen LogP contribution in [0.5, 0.6) is 5.75 Å². The van der Waals surface area contributed by atoms with E-state index in [1.807, 2.05) is 0 Å². The summed E-state index contributed by atoms with van der Waals surface area (Å²) in [6.45, 7) is 1.37. The zero-order valence-electron chi connectivity index (χ0n) is 20.8. The second kappa shape index (κ2) is 11.5. The van der Waals surface area contributed by atoms with E-state index in [0.29, 0.717) is 30.5 Å². The van der Waals surface area contributed by atoms with Crippen molar-refractivity contribution in [3.05, 3.63) is 24.0 Å². The van der Waals surface area contributed by atoms with Gasteiger partial charge in [-0.15, -0.1) is 0 Å². The third kappa shape index (κ3) is 5.58. The highest BCUT2D eigenvalue weighted by Crippen LogP contribution is 2.36. The number of carbonyl (C=O) groups excluding carboxylic acids is 1. The van der Waals surface area contributed by atoms with Crippen molar-refractivity contribution in [2.75, 3.05) is 35.7 Å². The molecule has 3 N–H and O–H groups in total. The Morgan fingerprint density at radius 1 is 1.08 bits per heavy atom. The minimum Gasteiger partial charge on any atom is -0.483 e. The average molecular weight is 501 g/mol. The quantitative estimate of drug-likeness (QED) is 0.629. The van der Waals surface area contributed by atoms with Crippen molar-refractivity contribution >= 4 is 23.2 Å². The van der Waals surface area contributed by atoms with Crippen LogP contribution in [-0.4, -0.2) is 58.7 Å². The van der Waals surface area contributed by atoms with Crippen LogP contribution in [0.4, 0.5) is 21.7 Å². The number of nitrogens with two attached hydrogens (primary N) is 1. The third-order valence-corrected chi connectivity index (χ3v) is 7.41. The van der Waals surface area contributed by atoms with Gasteiger partial charge in [-0.25, -0.2) is 9.07 Å². The number of amides is 1. The number of ether oxygens (including phenoxy) is 2. The highest BCUT2D eigenvalue weighted by Gasteiger charge is 2.36. The molecule has 3 aliphatic rings. The maximum absolute atomic E-state index is 14.9. The summed E-state index contributed by atoms with van der Waals surface area (Å²) in [5.41, 5.74) is 7.02. The number of rotatable bonds is 5. The number of hydrogen-bond acceptors (Lipinski definition) is 7. The number of carbonyl (C=O) groups is 1. The van der Waals surface area contributed by atoms with Gasteiger partial charge in [0.2, 0.25) is 0 Å². The van der Waals surface area contributed by atoms with E-state index < -0.39 is 12.1 Å². The van der Waals surface area contributed by atoms with Crippen molar-refractivity contribution in [1.29, 1.82) is 0 Å². The first-order chi connectivity index (χ1) is 17.6. The molecule has 1 unspecified atom stereocenters. The molecule has 0 bridgehead atoms. The van der Waals surface area contributed by atoms with Gasteiger partial charge in [0, 0.05) is 18.3 Å². The maximum Gasteiger partial charge on any atom is 0.263 e. The van der Waals surface area contributed by atoms with Crippen LogP contribution in [0.25, 0.3) is 0 Å². The fraction of sp³-hybridized carbons (Fsp3) is 0.654. The molecule has 1 amide bonds. The van der Waals surface area contributed by atoms with E-state index in [9.17, 15) is 9.18 Å². The summed E-state index contributed by atoms with van der Waals surface area (Å²) in [5, 5.41) is 7.30. The Bertz CT molecular complexity index is 1030. The van der Waals surface area contributed by atoms with E-state index in [4.69, 9.17) is 15.2 Å². The number of nitrogen functional groups attached to an aromatic ring is 1. The first-order valence-corrected chi connectivity index (χ1v) is 13.4. The second-order valence-corrected chi connectivity index (χ2v) is 10.2. The first kappa shape index (κ1) is 24.8. The van der Waals surface area contributed by atoms with Crippen LogP contribution in [0, 0.1) is 0 Å². The van der Waals surface area contributed by atoms with Crippen LogP contribution in [0.1, 0.15) is 74.6 Å². The largest absolute Gasteiger partial charge is 0.483 e. The highest BCUT2D eigenvalue weighted by molar-refractivity contribution is 6.11. The van der Waals surface area contributed by atoms with Gasteiger partial charge in [0.1, 0.15) is 35.1 Å². The summed E-state index contributed by atoms with van der Waals surface area (Å²) in [6.07, 6.45) is 13.7. The summed E-state index contributed by atoms with van der Waals surface area (Å²) in [6, 6.07) is 1.87. The number of pyridine rings is 1. The number of nitrogens with one attached hydrogen (secondary N) is 1. The van der Waals surface area contributed by atoms with Crippen LogP contribution in [0.3, 0.4) is 0 Å². The van der Waals surface area contributed by atoms with Crippen LogP contribution in [-0.2, 0) is 11.3 Å². The molecular weight excluding hydrogens is 463 g/mol. The standard InChI is InChI=1S/C26H37FN6O3/c27-18-14-32(19-9-7-5-3-1-2-4-6-8-10-19)26-23(24(28)31-33(26)15-18)25(34)30-21-13-29-12-11-22(21)36-20-16-35-17-20/h11-13,18-20H,1-10,14-17H2,(H2,28,31)(H,30,34). The minimum atomic E-state index is -1.06. The lowest BCUT2D eigenvalue weighted by Crippen LogP contribution is -2.46. The van der Waals surface area contributed by atoms with Crippen LogP contribution in [0.15, 0.2) is 18.5 Å². The van der Waals surface area contributed by atoms with Crippen molar-refractivity contribution in [2.24, 2.45) is 0 Å². The van der Waals surface area contributed by atoms with Crippen molar-refractivity contribution in [3.8, 4) is 5.75 Å². The van der Waals surface area contributed by atoms with Crippen molar-refractivity contribution < 1.29 is 18.7 Å². The summed E-state index contributed by atoms with van der Waals surface area (Å²) in [5.74, 6) is 0.861. The minimum absolute atomic E-state index is 0.0502. The lowest BCUT2D eigenvalue weighted by molar-refractivity contribution is -0.0794. The van der Waals surface area contributed by atoms with Crippen LogP contribution in [0.2, 0.25) is 0 Å². The summed E-state index contributed by atoms with van der Waals surface area (Å²) >= 11 is 0. The molecule has 2 aliphatic heterocycles. The highest BCUT2D eigenvalue weighted by atomic mass is 19.1. The van der Waals surface area contributed by atoms with E-state index >= 15 is 0 Å². The Balaban J connectivity index is 1.41. The molecule has 0 spiro atoms. The number of aromatic nitrogens is 3. The van der Waals surface area contributed by atoms with Gasteiger partial charge in [-0.1, -0.05) is 51.4 Å². The lowest BCUT2D eigenvalue weighted by atomic mass is 9.99. The van der Waals surface area contributed by atoms with Crippen molar-refractivity contribution in [2.45, 2.75) is 89.1 Å². The van der Waals surface area contributed by atoms with E-state index in [1.165, 1.54) is 38.5 Å². The Kier molecular flexibility index (Phi) is 7.89. The van der Waals surface area contributed by atoms with E-state index in [-0.39, 0.29) is 36.6 Å². The van der Waals surface area contributed by atoms with Gasteiger partial charge in [-0.3, -0.25) is 9.78 Å². The van der Waals surface area contributed by atoms with Gasteiger partial charge in [0.15, 0.2) is 5.82 Å². The van der Waals surface area contributed by atoms with Gasteiger partial charge in [0.25, 0.3) is 5.91 Å². The number of halogens is 1. The Labute approximate surface area is 211 Å². The fourth-order valence-corrected chi connectivity index (χ4v) is 5.48. The molecule has 1 saturated carbocycles. The monoisotopic (exact) mass is 500 g/mol. The molecule has 5 rings (SSSR count). The predicted molar refractivity (Wildman–Crippen MR) is 136 cm³/mol. The van der Waals surface area contributed by atoms with Crippen molar-refractivity contribution in [1.82, 2.24) is 14.8 Å². The van der Waals surface area contributed by atoms with Gasteiger partial charge in [0.05, 0.1) is 32.5 Å². The van der Waals surface area contributed by atoms with Crippen LogP contribution >= 0.6 is 0 Å². The molecule has 196 valence electrons. The second-order valence-electron chi connectivity index (χ2n) is 10.2. The van der Waals surface area contributed by atoms with E-state index in [0.717, 1.165) is 25.7 Å². The number of hydrogen-bond donors (Lipinski definition) is 2. The molecule has 0 aromatic carbocycles. The maximum atomic E-state index is 14.9. The Morgan fingerprint density at radius 2 is 1.78 bits per heavy atom. The fourth-order valence-electron chi connectivity index (χ4n) is 5.48. The van der Waals surface area contributed by atoms with Gasteiger partial charge in [-0.2, -0.15) is 5.10 Å². The zero-order chi connectivity index (χ0) is 24.9. The topological polar surface area (TPSA) is 108 Å². The number of nitrogens with zero attached hydrogens (tertiary/aromatic N) is 4. The zero-order valence-corrected chi connectivity index (χ0v) is 20.8. The smallest absolute Gasteiger partial charge is 0.263 e. The molecule has 1 aliphatic carbocycles. The summed E-state index contributed by atoms with van der Waals surface area (Å²) in [7, 11) is 0. The molecule has 1 atom stereocenters. The summed E-state index contributed by atoms with van der Waals surface area (Å²) < 4.78 is 27.6. The Hall–Kier alpha value is -2.88. The molecule has 2 fully saturated rings. The molecular formula is C26H37FN6O3. The molecule has 10 heteroatoms. The predicted octanol–water partition coefficient (Wildman–Crippen LogP) is 4.33. The molecule has 0 radical (unpaired) electrons. The lowest BCUT2D eigenvalue weighted by Gasteiger charge is -2.38. The molecule has 2 aromatic heterocycles. The molecule has 2 aromatic rings.